The minimum absolute atomic E-state index is 0.207. The summed E-state index contributed by atoms with van der Waals surface area (Å²) in [5.74, 6) is 0. The summed E-state index contributed by atoms with van der Waals surface area (Å²) in [6.45, 7) is 0. The van der Waals surface area contributed by atoms with Crippen molar-refractivity contribution in [2.24, 2.45) is 5.73 Å². The molecule has 6 heteroatoms. The van der Waals surface area contributed by atoms with E-state index in [1.165, 1.54) is 12.1 Å². The maximum absolute atomic E-state index is 11.4. The van der Waals surface area contributed by atoms with E-state index >= 15 is 0 Å². The van der Waals surface area contributed by atoms with Gasteiger partial charge >= 0.3 is 11.7 Å². The van der Waals surface area contributed by atoms with Crippen molar-refractivity contribution in [2.45, 2.75) is 0 Å². The smallest absolute Gasteiger partial charge is 0.337 e. The molecule has 76 valence electrons. The van der Waals surface area contributed by atoms with Crippen LogP contribution < -0.4 is 17.0 Å². The van der Waals surface area contributed by atoms with Crippen molar-refractivity contribution in [3.63, 3.8) is 0 Å². The zero-order valence-corrected chi connectivity index (χ0v) is 7.56. The van der Waals surface area contributed by atoms with Gasteiger partial charge in [0, 0.05) is 0 Å². The molecule has 0 fully saturated rings. The summed E-state index contributed by atoms with van der Waals surface area (Å²) in [7, 11) is 0. The highest BCUT2D eigenvalue weighted by molar-refractivity contribution is 5.88. The van der Waals surface area contributed by atoms with Crippen LogP contribution in [0.25, 0.3) is 10.9 Å². The molecule has 0 aliphatic heterocycles. The van der Waals surface area contributed by atoms with Crippen LogP contribution in [0.4, 0.5) is 4.79 Å². The molecule has 0 bridgehead atoms. The highest BCUT2D eigenvalue weighted by atomic mass is 16.2. The van der Waals surface area contributed by atoms with Crippen LogP contribution in [0.1, 0.15) is 0 Å². The van der Waals surface area contributed by atoms with Crippen LogP contribution in [0.2, 0.25) is 0 Å². The average Bonchev–Trinajstić information content (AvgIpc) is 2.17. The lowest BCUT2D eigenvalue weighted by Gasteiger charge is -2.03. The van der Waals surface area contributed by atoms with E-state index in [0.717, 1.165) is 4.57 Å². The van der Waals surface area contributed by atoms with E-state index in [2.05, 4.69) is 0 Å². The number of hydrogen-bond donors (Lipinski definition) is 2. The van der Waals surface area contributed by atoms with Crippen molar-refractivity contribution in [1.29, 1.82) is 0 Å². The summed E-state index contributed by atoms with van der Waals surface area (Å²) in [5, 5.41) is 0.246. The normalized spacial score (nSPS) is 10.4. The van der Waals surface area contributed by atoms with Gasteiger partial charge < -0.3 is 5.73 Å². The van der Waals surface area contributed by atoms with Crippen molar-refractivity contribution in [3.05, 3.63) is 45.1 Å². The molecule has 2 rings (SSSR count). The van der Waals surface area contributed by atoms with Gasteiger partial charge in [0.1, 0.15) is 0 Å². The van der Waals surface area contributed by atoms with Crippen LogP contribution in [-0.4, -0.2) is 15.6 Å². The van der Waals surface area contributed by atoms with Gasteiger partial charge in [-0.1, -0.05) is 12.1 Å². The fourth-order valence-corrected chi connectivity index (χ4v) is 1.41. The molecule has 0 aliphatic rings. The summed E-state index contributed by atoms with van der Waals surface area (Å²) in [4.78, 5) is 35.7. The van der Waals surface area contributed by atoms with Crippen molar-refractivity contribution in [2.75, 3.05) is 0 Å². The Kier molecular flexibility index (Phi) is 1.89. The molecule has 6 nitrogen and oxygen atoms in total. The average molecular weight is 205 g/mol. The molecule has 15 heavy (non-hydrogen) atoms. The van der Waals surface area contributed by atoms with Gasteiger partial charge in [-0.15, -0.1) is 0 Å². The zero-order chi connectivity index (χ0) is 11.0. The molecule has 0 unspecified atom stereocenters. The van der Waals surface area contributed by atoms with Crippen molar-refractivity contribution < 1.29 is 4.79 Å². The second-order valence-electron chi connectivity index (χ2n) is 2.95. The van der Waals surface area contributed by atoms with Gasteiger partial charge in [-0.25, -0.2) is 14.2 Å². The van der Waals surface area contributed by atoms with E-state index in [9.17, 15) is 14.4 Å². The predicted octanol–water partition coefficient (Wildman–Crippen LogP) is -0.383. The predicted molar refractivity (Wildman–Crippen MR) is 53.8 cm³/mol. The van der Waals surface area contributed by atoms with Crippen LogP contribution in [0.5, 0.6) is 0 Å². The third kappa shape index (κ3) is 1.32. The van der Waals surface area contributed by atoms with E-state index in [0.29, 0.717) is 0 Å². The maximum Gasteiger partial charge on any atom is 0.337 e. The second-order valence-corrected chi connectivity index (χ2v) is 2.95. The first-order valence-electron chi connectivity index (χ1n) is 4.15. The van der Waals surface area contributed by atoms with Crippen LogP contribution >= 0.6 is 0 Å². The number of nitrogens with two attached hydrogens (primary N) is 1. The lowest BCUT2D eigenvalue weighted by molar-refractivity contribution is 0.250. The number of aromatic nitrogens is 2. The number of amides is 1. The standard InChI is InChI=1S/C9H7N3O3/c10-8(14)12-6-4-2-1-3-5(6)7(13)11-9(12)15/h1-4H,(H2,10,14)(H,11,13,15). The number of fused-ring (bicyclic) bond motifs is 1. The van der Waals surface area contributed by atoms with Gasteiger partial charge in [-0.2, -0.15) is 0 Å². The number of benzene rings is 1. The lowest BCUT2D eigenvalue weighted by atomic mass is 10.2. The van der Waals surface area contributed by atoms with Gasteiger partial charge in [-0.05, 0) is 12.1 Å². The topological polar surface area (TPSA) is 97.9 Å². The minimum atomic E-state index is -0.924. The van der Waals surface area contributed by atoms with Crippen LogP contribution in [0.15, 0.2) is 33.9 Å². The number of nitrogens with one attached hydrogen (secondary N) is 1. The van der Waals surface area contributed by atoms with Gasteiger partial charge in [0.25, 0.3) is 5.56 Å². The number of para-hydroxylation sites is 1. The number of primary amides is 1. The maximum atomic E-state index is 11.4. The fraction of sp³-hybridized carbons (Fsp3) is 0. The Morgan fingerprint density at radius 3 is 2.60 bits per heavy atom. The quantitative estimate of drug-likeness (QED) is 0.613. The third-order valence-corrected chi connectivity index (χ3v) is 2.03. The van der Waals surface area contributed by atoms with E-state index in [1.807, 2.05) is 4.98 Å². The molecule has 0 saturated carbocycles. The number of rotatable bonds is 0. The molecular formula is C9H7N3O3. The van der Waals surface area contributed by atoms with E-state index in [-0.39, 0.29) is 10.9 Å². The Bertz CT molecular complexity index is 653. The summed E-state index contributed by atoms with van der Waals surface area (Å²) in [5.41, 5.74) is 3.88. The number of aromatic amines is 1. The highest BCUT2D eigenvalue weighted by Crippen LogP contribution is 2.05. The first-order chi connectivity index (χ1) is 7.11. The van der Waals surface area contributed by atoms with Crippen molar-refractivity contribution >= 4 is 16.9 Å². The number of carbonyl (C=O) groups is 1. The summed E-state index contributed by atoms with van der Waals surface area (Å²) in [6.07, 6.45) is 0. The largest absolute Gasteiger partial charge is 0.351 e. The second kappa shape index (κ2) is 3.09. The van der Waals surface area contributed by atoms with Gasteiger partial charge in [0.05, 0.1) is 10.9 Å². The summed E-state index contributed by atoms with van der Waals surface area (Å²) < 4.78 is 0.719. The Balaban J connectivity index is 3.10. The molecule has 0 radical (unpaired) electrons. The Hall–Kier alpha value is -2.37. The first-order valence-corrected chi connectivity index (χ1v) is 4.15. The molecule has 0 spiro atoms. The van der Waals surface area contributed by atoms with Gasteiger partial charge in [-0.3, -0.25) is 9.78 Å². The van der Waals surface area contributed by atoms with Crippen LogP contribution in [-0.2, 0) is 0 Å². The molecule has 3 N–H and O–H groups in total. The van der Waals surface area contributed by atoms with E-state index in [1.54, 1.807) is 12.1 Å². The Morgan fingerprint density at radius 1 is 1.27 bits per heavy atom. The Morgan fingerprint density at radius 2 is 1.93 bits per heavy atom. The number of carbonyl (C=O) groups excluding carboxylic acids is 1. The lowest BCUT2D eigenvalue weighted by Crippen LogP contribution is -2.37. The van der Waals surface area contributed by atoms with E-state index < -0.39 is 17.3 Å². The van der Waals surface area contributed by atoms with E-state index in [4.69, 9.17) is 5.73 Å². The molecule has 2 aromatic rings. The fourth-order valence-electron chi connectivity index (χ4n) is 1.41. The monoisotopic (exact) mass is 205 g/mol. The third-order valence-electron chi connectivity index (χ3n) is 2.03. The SMILES string of the molecule is NC(=O)n1c(=O)[nH]c(=O)c2ccccc21. The number of hydrogen-bond acceptors (Lipinski definition) is 3. The Labute approximate surface area is 83.0 Å². The number of H-pyrrole nitrogens is 1. The number of nitrogens with zero attached hydrogens (tertiary/aromatic N) is 1. The molecule has 0 aliphatic carbocycles. The summed E-state index contributed by atoms with van der Waals surface area (Å²) in [6, 6.07) is 5.31. The molecule has 0 saturated heterocycles. The molecule has 1 aromatic carbocycles. The first kappa shape index (κ1) is 9.20. The zero-order valence-electron chi connectivity index (χ0n) is 7.56. The van der Waals surface area contributed by atoms with Crippen molar-refractivity contribution in [3.8, 4) is 0 Å². The molecule has 0 atom stereocenters. The minimum Gasteiger partial charge on any atom is -0.351 e. The molecule has 1 heterocycles. The molecule has 1 aromatic heterocycles. The van der Waals surface area contributed by atoms with Crippen molar-refractivity contribution in [1.82, 2.24) is 9.55 Å². The molecular weight excluding hydrogens is 198 g/mol. The molecule has 1 amide bonds. The van der Waals surface area contributed by atoms with Crippen LogP contribution in [0.3, 0.4) is 0 Å². The van der Waals surface area contributed by atoms with Crippen LogP contribution in [0, 0.1) is 0 Å². The highest BCUT2D eigenvalue weighted by Gasteiger charge is 2.09. The van der Waals surface area contributed by atoms with Gasteiger partial charge in [0.15, 0.2) is 0 Å². The summed E-state index contributed by atoms with van der Waals surface area (Å²) >= 11 is 0. The van der Waals surface area contributed by atoms with Gasteiger partial charge in [0.2, 0.25) is 0 Å².